The van der Waals surface area contributed by atoms with Crippen molar-refractivity contribution < 1.29 is 9.53 Å². The summed E-state index contributed by atoms with van der Waals surface area (Å²) in [4.78, 5) is 16.2. The molecular weight excluding hydrogens is 218 g/mol. The molecule has 1 fully saturated rings. The van der Waals surface area contributed by atoms with Crippen LogP contribution in [0.5, 0.6) is 0 Å². The molecule has 100 valence electrons. The SMILES string of the molecule is COCCN1CCCN(C(=O)CC(C)N)CC1. The van der Waals surface area contributed by atoms with E-state index in [4.69, 9.17) is 10.5 Å². The van der Waals surface area contributed by atoms with Gasteiger partial charge in [-0.15, -0.1) is 0 Å². The maximum absolute atomic E-state index is 11.9. The summed E-state index contributed by atoms with van der Waals surface area (Å²) in [5.74, 6) is 0.189. The summed E-state index contributed by atoms with van der Waals surface area (Å²) in [6, 6.07) is -0.0460. The predicted molar refractivity (Wildman–Crippen MR) is 67.8 cm³/mol. The van der Waals surface area contributed by atoms with Crippen LogP contribution in [0.2, 0.25) is 0 Å². The minimum Gasteiger partial charge on any atom is -0.383 e. The Morgan fingerprint density at radius 2 is 2.12 bits per heavy atom. The predicted octanol–water partition coefficient (Wildman–Crippen LogP) is -0.0956. The monoisotopic (exact) mass is 243 g/mol. The summed E-state index contributed by atoms with van der Waals surface area (Å²) in [5, 5.41) is 0. The summed E-state index contributed by atoms with van der Waals surface area (Å²) in [6.07, 6.45) is 1.49. The van der Waals surface area contributed by atoms with Gasteiger partial charge in [0.2, 0.25) is 5.91 Å². The van der Waals surface area contributed by atoms with Crippen molar-refractivity contribution in [3.8, 4) is 0 Å². The van der Waals surface area contributed by atoms with Crippen molar-refractivity contribution in [3.05, 3.63) is 0 Å². The number of rotatable bonds is 5. The van der Waals surface area contributed by atoms with E-state index in [1.165, 1.54) is 0 Å². The molecule has 1 aliphatic heterocycles. The van der Waals surface area contributed by atoms with Crippen molar-refractivity contribution >= 4 is 5.91 Å². The van der Waals surface area contributed by atoms with Crippen molar-refractivity contribution in [2.24, 2.45) is 5.73 Å². The van der Waals surface area contributed by atoms with Crippen LogP contribution < -0.4 is 5.73 Å². The van der Waals surface area contributed by atoms with E-state index in [2.05, 4.69) is 4.90 Å². The lowest BCUT2D eigenvalue weighted by Crippen LogP contribution is -2.38. The van der Waals surface area contributed by atoms with Gasteiger partial charge in [-0.1, -0.05) is 0 Å². The Hall–Kier alpha value is -0.650. The first-order chi connectivity index (χ1) is 8.13. The summed E-state index contributed by atoms with van der Waals surface area (Å²) in [6.45, 7) is 7.24. The second kappa shape index (κ2) is 7.63. The zero-order valence-electron chi connectivity index (χ0n) is 11.0. The van der Waals surface area contributed by atoms with Gasteiger partial charge in [-0.3, -0.25) is 9.69 Å². The first-order valence-electron chi connectivity index (χ1n) is 6.38. The molecule has 0 aromatic carbocycles. The van der Waals surface area contributed by atoms with Crippen LogP contribution in [-0.4, -0.2) is 68.2 Å². The summed E-state index contributed by atoms with van der Waals surface area (Å²) in [7, 11) is 1.72. The minimum absolute atomic E-state index is 0.0460. The molecule has 0 aromatic rings. The number of nitrogens with zero attached hydrogens (tertiary/aromatic N) is 2. The molecule has 0 aliphatic carbocycles. The smallest absolute Gasteiger partial charge is 0.224 e. The number of hydrogen-bond acceptors (Lipinski definition) is 4. The summed E-state index contributed by atoms with van der Waals surface area (Å²) in [5.41, 5.74) is 5.66. The zero-order valence-corrected chi connectivity index (χ0v) is 11.0. The Labute approximate surface area is 104 Å². The average Bonchev–Trinajstić information content (AvgIpc) is 2.50. The molecule has 0 aromatic heterocycles. The molecule has 0 spiro atoms. The van der Waals surface area contributed by atoms with E-state index < -0.39 is 0 Å². The van der Waals surface area contributed by atoms with Gasteiger partial charge in [-0.25, -0.2) is 0 Å². The third-order valence-corrected chi connectivity index (χ3v) is 3.05. The van der Waals surface area contributed by atoms with Crippen molar-refractivity contribution in [3.63, 3.8) is 0 Å². The molecule has 1 atom stereocenters. The van der Waals surface area contributed by atoms with E-state index in [0.717, 1.165) is 45.8 Å². The quantitative estimate of drug-likeness (QED) is 0.733. The van der Waals surface area contributed by atoms with Gasteiger partial charge < -0.3 is 15.4 Å². The van der Waals surface area contributed by atoms with E-state index in [1.807, 2.05) is 11.8 Å². The fourth-order valence-electron chi connectivity index (χ4n) is 2.07. The summed E-state index contributed by atoms with van der Waals surface area (Å²) >= 11 is 0. The Morgan fingerprint density at radius 1 is 1.35 bits per heavy atom. The third-order valence-electron chi connectivity index (χ3n) is 3.05. The Bertz CT molecular complexity index is 234. The van der Waals surface area contributed by atoms with E-state index >= 15 is 0 Å². The average molecular weight is 243 g/mol. The zero-order chi connectivity index (χ0) is 12.7. The highest BCUT2D eigenvalue weighted by Gasteiger charge is 2.19. The number of carbonyl (C=O) groups excluding carboxylic acids is 1. The normalized spacial score (nSPS) is 20.1. The molecule has 0 radical (unpaired) electrons. The molecule has 5 heteroatoms. The van der Waals surface area contributed by atoms with Crippen LogP contribution in [0, 0.1) is 0 Å². The lowest BCUT2D eigenvalue weighted by atomic mass is 10.2. The topological polar surface area (TPSA) is 58.8 Å². The van der Waals surface area contributed by atoms with Gasteiger partial charge in [-0.2, -0.15) is 0 Å². The highest BCUT2D eigenvalue weighted by molar-refractivity contribution is 5.76. The van der Waals surface area contributed by atoms with E-state index in [9.17, 15) is 4.79 Å². The molecular formula is C12H25N3O2. The van der Waals surface area contributed by atoms with Crippen molar-refractivity contribution in [2.75, 3.05) is 46.4 Å². The Kier molecular flexibility index (Phi) is 6.47. The third kappa shape index (κ3) is 5.48. The molecule has 1 unspecified atom stereocenters. The van der Waals surface area contributed by atoms with Crippen molar-refractivity contribution in [2.45, 2.75) is 25.8 Å². The largest absolute Gasteiger partial charge is 0.383 e. The standard InChI is InChI=1S/C12H25N3O2/c1-11(13)10-12(16)15-5-3-4-14(6-7-15)8-9-17-2/h11H,3-10,13H2,1-2H3. The van der Waals surface area contributed by atoms with Crippen LogP contribution in [-0.2, 0) is 9.53 Å². The maximum Gasteiger partial charge on any atom is 0.224 e. The number of ether oxygens (including phenoxy) is 1. The van der Waals surface area contributed by atoms with E-state index in [0.29, 0.717) is 6.42 Å². The van der Waals surface area contributed by atoms with Gasteiger partial charge in [0.15, 0.2) is 0 Å². The fourth-order valence-corrected chi connectivity index (χ4v) is 2.07. The molecule has 0 bridgehead atoms. The Balaban J connectivity index is 2.33. The number of amides is 1. The number of methoxy groups -OCH3 is 1. The number of hydrogen-bond donors (Lipinski definition) is 1. The lowest BCUT2D eigenvalue weighted by molar-refractivity contribution is -0.131. The van der Waals surface area contributed by atoms with E-state index in [1.54, 1.807) is 7.11 Å². The molecule has 1 heterocycles. The minimum atomic E-state index is -0.0460. The van der Waals surface area contributed by atoms with Gasteiger partial charge in [0.25, 0.3) is 0 Å². The second-order valence-corrected chi connectivity index (χ2v) is 4.75. The van der Waals surface area contributed by atoms with Crippen LogP contribution in [0.25, 0.3) is 0 Å². The molecule has 2 N–H and O–H groups in total. The van der Waals surface area contributed by atoms with Crippen LogP contribution >= 0.6 is 0 Å². The molecule has 1 saturated heterocycles. The molecule has 0 saturated carbocycles. The highest BCUT2D eigenvalue weighted by atomic mass is 16.5. The Morgan fingerprint density at radius 3 is 2.76 bits per heavy atom. The fraction of sp³-hybridized carbons (Fsp3) is 0.917. The molecule has 5 nitrogen and oxygen atoms in total. The van der Waals surface area contributed by atoms with E-state index in [-0.39, 0.29) is 11.9 Å². The van der Waals surface area contributed by atoms with Gasteiger partial charge in [-0.05, 0) is 19.9 Å². The first kappa shape index (κ1) is 14.4. The molecule has 1 amide bonds. The second-order valence-electron chi connectivity index (χ2n) is 4.75. The van der Waals surface area contributed by atoms with Crippen LogP contribution in [0.15, 0.2) is 0 Å². The molecule has 1 rings (SSSR count). The van der Waals surface area contributed by atoms with Gasteiger partial charge in [0, 0.05) is 45.8 Å². The van der Waals surface area contributed by atoms with Gasteiger partial charge in [0.1, 0.15) is 0 Å². The number of nitrogens with two attached hydrogens (primary N) is 1. The summed E-state index contributed by atoms with van der Waals surface area (Å²) < 4.78 is 5.07. The lowest BCUT2D eigenvalue weighted by Gasteiger charge is -2.22. The number of carbonyl (C=O) groups is 1. The van der Waals surface area contributed by atoms with Crippen molar-refractivity contribution in [1.29, 1.82) is 0 Å². The van der Waals surface area contributed by atoms with Crippen LogP contribution in [0.3, 0.4) is 0 Å². The van der Waals surface area contributed by atoms with Gasteiger partial charge in [0.05, 0.1) is 6.61 Å². The van der Waals surface area contributed by atoms with Crippen molar-refractivity contribution in [1.82, 2.24) is 9.80 Å². The van der Waals surface area contributed by atoms with Gasteiger partial charge >= 0.3 is 0 Å². The van der Waals surface area contributed by atoms with Crippen LogP contribution in [0.1, 0.15) is 19.8 Å². The molecule has 1 aliphatic rings. The highest BCUT2D eigenvalue weighted by Crippen LogP contribution is 2.05. The molecule has 17 heavy (non-hydrogen) atoms. The first-order valence-corrected chi connectivity index (χ1v) is 6.38. The maximum atomic E-state index is 11.9. The van der Waals surface area contributed by atoms with Crippen LogP contribution in [0.4, 0.5) is 0 Å².